The van der Waals surface area contributed by atoms with E-state index in [1.807, 2.05) is 6.92 Å². The van der Waals surface area contributed by atoms with Crippen molar-refractivity contribution in [1.29, 1.82) is 0 Å². The number of hydrogen-bond donors (Lipinski definition) is 3. The highest BCUT2D eigenvalue weighted by Gasteiger charge is 2.64. The summed E-state index contributed by atoms with van der Waals surface area (Å²) in [7, 11) is 0.242. The zero-order chi connectivity index (χ0) is 34.7. The molecule has 2 aromatic carbocycles. The highest BCUT2D eigenvalue weighted by atomic mass is 32.2. The number of pyridine rings is 1. The van der Waals surface area contributed by atoms with E-state index in [0.717, 1.165) is 9.87 Å². The van der Waals surface area contributed by atoms with Gasteiger partial charge in [0.25, 0.3) is 15.9 Å². The molecule has 1 aromatic heterocycles. The van der Waals surface area contributed by atoms with Gasteiger partial charge in [0.05, 0.1) is 29.8 Å². The van der Waals surface area contributed by atoms with Crippen molar-refractivity contribution in [2.45, 2.75) is 35.9 Å². The van der Waals surface area contributed by atoms with Gasteiger partial charge >= 0.3 is 11.9 Å². The maximum Gasteiger partial charge on any atom is 0.328 e. The van der Waals surface area contributed by atoms with Crippen LogP contribution in [-0.2, 0) is 34.7 Å². The lowest BCUT2D eigenvalue weighted by atomic mass is 9.81. The van der Waals surface area contributed by atoms with Crippen LogP contribution in [0.3, 0.4) is 0 Å². The van der Waals surface area contributed by atoms with Crippen LogP contribution < -0.4 is 9.04 Å². The predicted octanol–water partition coefficient (Wildman–Crippen LogP) is 1.61. The summed E-state index contributed by atoms with van der Waals surface area (Å²) in [5.41, 5.74) is -0.248. The summed E-state index contributed by atoms with van der Waals surface area (Å²) < 4.78 is 34.6. The van der Waals surface area contributed by atoms with Gasteiger partial charge in [0.1, 0.15) is 0 Å². The van der Waals surface area contributed by atoms with Crippen LogP contribution in [0.5, 0.6) is 5.88 Å². The van der Waals surface area contributed by atoms with Gasteiger partial charge in [-0.1, -0.05) is 35.9 Å². The predicted molar refractivity (Wildman–Crippen MR) is 168 cm³/mol. The molecule has 14 nitrogen and oxygen atoms in total. The SMILES string of the molecule is COc1ncccc1C1(N2C[C@H](O)C[C@H]2C(=O)N(C)C)C(=O)N(S(=O)(=O)c2ccccc2)c2ccc(C)cc21.O=C(O)/C=C/C(=O)O. The number of aliphatic hydroxyl groups excluding tert-OH is 1. The lowest BCUT2D eigenvalue weighted by molar-refractivity contribution is -0.138. The molecule has 0 aliphatic carbocycles. The molecule has 0 spiro atoms. The molecule has 3 aromatic rings. The Bertz CT molecular complexity index is 1810. The molecule has 1 saturated heterocycles. The normalized spacial score (nSPS) is 20.8. The van der Waals surface area contributed by atoms with E-state index in [1.165, 1.54) is 30.3 Å². The molecular weight excluding hydrogens is 632 g/mol. The average Bonchev–Trinajstić information content (AvgIpc) is 3.54. The number of benzene rings is 2. The second-order valence-corrected chi connectivity index (χ2v) is 12.8. The largest absolute Gasteiger partial charge is 0.481 e. The standard InChI is InChI=1S/C28H30N4O6S.C4H4O4/c1-18-12-13-23-22(15-18)28(21-11-8-14-29-25(21)38-4,31-17-19(33)16-24(31)26(34)30(2)3)27(35)32(23)39(36,37)20-9-6-5-7-10-20;5-3(6)1-2-4(7)8/h5-15,19,24,33H,16-17H2,1-4H3;1-2H,(H,5,6)(H,7,8)/b;2-1+/t19-,24+,28?;/m1./s1. The first kappa shape index (κ1) is 34.7. The number of amides is 2. The molecule has 3 heterocycles. The fraction of sp³-hybridized carbons (Fsp3) is 0.281. The molecular formula is C32H34N4O10S. The summed E-state index contributed by atoms with van der Waals surface area (Å²) in [5, 5.41) is 26.5. The number of carboxylic acids is 2. The topological polar surface area (TPSA) is 195 Å². The summed E-state index contributed by atoms with van der Waals surface area (Å²) in [6.45, 7) is 1.78. The van der Waals surface area contributed by atoms with E-state index in [2.05, 4.69) is 4.98 Å². The van der Waals surface area contributed by atoms with Crippen molar-refractivity contribution in [3.05, 3.63) is 95.7 Å². The Morgan fingerprint density at radius 1 is 1.00 bits per heavy atom. The number of carbonyl (C=O) groups excluding carboxylic acids is 2. The number of anilines is 1. The van der Waals surface area contributed by atoms with Gasteiger partial charge in [-0.25, -0.2) is 27.3 Å². The maximum absolute atomic E-state index is 14.9. The number of aromatic nitrogens is 1. The Labute approximate surface area is 271 Å². The first-order valence-electron chi connectivity index (χ1n) is 14.2. The van der Waals surface area contributed by atoms with Crippen LogP contribution in [0.15, 0.2) is 83.9 Å². The van der Waals surface area contributed by atoms with Gasteiger partial charge in [-0.15, -0.1) is 0 Å². The number of aryl methyl sites for hydroxylation is 1. The van der Waals surface area contributed by atoms with Crippen LogP contribution in [0.25, 0.3) is 0 Å². The highest BCUT2D eigenvalue weighted by molar-refractivity contribution is 7.93. The monoisotopic (exact) mass is 666 g/mol. The minimum absolute atomic E-state index is 0.0544. The van der Waals surface area contributed by atoms with Gasteiger partial charge in [0.15, 0.2) is 5.54 Å². The summed E-state index contributed by atoms with van der Waals surface area (Å²) in [6, 6.07) is 15.2. The number of rotatable bonds is 8. The number of likely N-dealkylation sites (N-methyl/N-ethyl adjacent to an activating group) is 1. The Balaban J connectivity index is 0.000000555. The Morgan fingerprint density at radius 3 is 2.21 bits per heavy atom. The van der Waals surface area contributed by atoms with E-state index in [4.69, 9.17) is 14.9 Å². The molecule has 5 rings (SSSR count). The third-order valence-electron chi connectivity index (χ3n) is 7.69. The van der Waals surface area contributed by atoms with Crippen LogP contribution >= 0.6 is 0 Å². The zero-order valence-electron chi connectivity index (χ0n) is 26.0. The first-order chi connectivity index (χ1) is 22.2. The molecule has 3 N–H and O–H groups in total. The third-order valence-corrected chi connectivity index (χ3v) is 9.41. The summed E-state index contributed by atoms with van der Waals surface area (Å²) in [4.78, 5) is 54.8. The van der Waals surface area contributed by atoms with E-state index < -0.39 is 45.6 Å². The van der Waals surface area contributed by atoms with Crippen LogP contribution in [0.1, 0.15) is 23.1 Å². The second kappa shape index (κ2) is 13.7. The minimum atomic E-state index is -4.37. The van der Waals surface area contributed by atoms with Crippen LogP contribution in [0.2, 0.25) is 0 Å². The third kappa shape index (κ3) is 6.45. The molecule has 3 atom stereocenters. The van der Waals surface area contributed by atoms with E-state index in [-0.39, 0.29) is 40.9 Å². The van der Waals surface area contributed by atoms with E-state index in [9.17, 15) is 32.7 Å². The number of hydrogen-bond acceptors (Lipinski definition) is 10. The number of aliphatic carboxylic acids is 2. The molecule has 0 radical (unpaired) electrons. The number of β-amino-alcohol motifs (C(OH)–C–C–N with tert-alkyl or cyclic N) is 1. The first-order valence-corrected chi connectivity index (χ1v) is 15.7. The van der Waals surface area contributed by atoms with Crippen LogP contribution in [0, 0.1) is 6.92 Å². The smallest absolute Gasteiger partial charge is 0.328 e. The lowest BCUT2D eigenvalue weighted by Gasteiger charge is -2.41. The van der Waals surface area contributed by atoms with Gasteiger partial charge in [0.2, 0.25) is 11.8 Å². The fourth-order valence-electron chi connectivity index (χ4n) is 5.81. The molecule has 0 saturated carbocycles. The molecule has 47 heavy (non-hydrogen) atoms. The minimum Gasteiger partial charge on any atom is -0.481 e. The fourth-order valence-corrected chi connectivity index (χ4v) is 7.29. The van der Waals surface area contributed by atoms with Crippen molar-refractivity contribution in [2.24, 2.45) is 0 Å². The average molecular weight is 667 g/mol. The summed E-state index contributed by atoms with van der Waals surface area (Å²) in [5.74, 6) is -3.53. The Morgan fingerprint density at radius 2 is 1.64 bits per heavy atom. The summed E-state index contributed by atoms with van der Waals surface area (Å²) in [6.07, 6.45) is 1.76. The number of fused-ring (bicyclic) bond motifs is 1. The van der Waals surface area contributed by atoms with Gasteiger partial charge in [-0.3, -0.25) is 14.5 Å². The van der Waals surface area contributed by atoms with Crippen molar-refractivity contribution < 1.29 is 47.7 Å². The lowest BCUT2D eigenvalue weighted by Crippen LogP contribution is -2.59. The second-order valence-electron chi connectivity index (χ2n) is 11.0. The van der Waals surface area contributed by atoms with Crippen molar-refractivity contribution in [3.63, 3.8) is 0 Å². The highest BCUT2D eigenvalue weighted by Crippen LogP contribution is 2.54. The molecule has 248 valence electrons. The van der Waals surface area contributed by atoms with Crippen molar-refractivity contribution in [2.75, 3.05) is 32.1 Å². The van der Waals surface area contributed by atoms with Crippen LogP contribution in [-0.4, -0.2) is 102 Å². The molecule has 2 aliphatic rings. The van der Waals surface area contributed by atoms with Crippen molar-refractivity contribution in [3.8, 4) is 5.88 Å². The quantitative estimate of drug-likeness (QED) is 0.295. The molecule has 15 heteroatoms. The number of methoxy groups -OCH3 is 1. The maximum atomic E-state index is 14.9. The summed E-state index contributed by atoms with van der Waals surface area (Å²) >= 11 is 0. The Hall–Kier alpha value is -5.12. The van der Waals surface area contributed by atoms with Crippen molar-refractivity contribution >= 4 is 39.5 Å². The number of likely N-dealkylation sites (tertiary alicyclic amines) is 1. The number of carboxylic acid groups (broad SMARTS) is 2. The Kier molecular flexibility index (Phi) is 10.1. The number of aliphatic hydroxyl groups is 1. The molecule has 2 amide bonds. The number of carbonyl (C=O) groups is 4. The van der Waals surface area contributed by atoms with Crippen LogP contribution in [0.4, 0.5) is 5.69 Å². The van der Waals surface area contributed by atoms with E-state index in [0.29, 0.717) is 17.7 Å². The molecule has 1 fully saturated rings. The number of nitrogens with zero attached hydrogens (tertiary/aromatic N) is 4. The number of sulfonamides is 1. The van der Waals surface area contributed by atoms with Gasteiger partial charge in [-0.2, -0.15) is 0 Å². The van der Waals surface area contributed by atoms with E-state index in [1.54, 1.807) is 67.5 Å². The molecule has 0 bridgehead atoms. The van der Waals surface area contributed by atoms with Gasteiger partial charge < -0.3 is 25.0 Å². The van der Waals surface area contributed by atoms with Gasteiger partial charge in [-0.05, 0) is 43.7 Å². The van der Waals surface area contributed by atoms with Gasteiger partial charge in [0, 0.05) is 50.1 Å². The van der Waals surface area contributed by atoms with E-state index >= 15 is 0 Å². The molecule has 2 aliphatic heterocycles. The number of ether oxygens (including phenoxy) is 1. The van der Waals surface area contributed by atoms with Crippen molar-refractivity contribution in [1.82, 2.24) is 14.8 Å². The zero-order valence-corrected chi connectivity index (χ0v) is 26.8. The molecule has 1 unspecified atom stereocenters.